The van der Waals surface area contributed by atoms with Gasteiger partial charge < -0.3 is 11.1 Å². The highest BCUT2D eigenvalue weighted by Crippen LogP contribution is 2.23. The number of rotatable bonds is 4. The Morgan fingerprint density at radius 3 is 2.74 bits per heavy atom. The Kier molecular flexibility index (Phi) is 5.23. The molecule has 2 unspecified atom stereocenters. The summed E-state index contributed by atoms with van der Waals surface area (Å²) in [4.78, 5) is 12.0. The summed E-state index contributed by atoms with van der Waals surface area (Å²) in [5.74, 6) is 0.262. The summed E-state index contributed by atoms with van der Waals surface area (Å²) >= 11 is 5.83. The average molecular weight is 281 g/mol. The largest absolute Gasteiger partial charge is 0.356 e. The smallest absolute Gasteiger partial charge is 0.223 e. The van der Waals surface area contributed by atoms with E-state index in [2.05, 4.69) is 5.32 Å². The van der Waals surface area contributed by atoms with E-state index in [0.29, 0.717) is 6.54 Å². The van der Waals surface area contributed by atoms with Crippen LogP contribution >= 0.6 is 11.6 Å². The van der Waals surface area contributed by atoms with Crippen molar-refractivity contribution in [3.63, 3.8) is 0 Å². The van der Waals surface area contributed by atoms with Gasteiger partial charge in [0.25, 0.3) is 0 Å². The van der Waals surface area contributed by atoms with E-state index >= 15 is 0 Å². The molecule has 2 atom stereocenters. The number of carbonyl (C=O) groups excluding carboxylic acids is 1. The van der Waals surface area contributed by atoms with Gasteiger partial charge in [0.2, 0.25) is 5.91 Å². The van der Waals surface area contributed by atoms with Crippen LogP contribution in [0.15, 0.2) is 24.3 Å². The van der Waals surface area contributed by atoms with Gasteiger partial charge in [0.05, 0.1) is 0 Å². The molecule has 1 aliphatic rings. The Morgan fingerprint density at radius 1 is 1.32 bits per heavy atom. The molecule has 2 rings (SSSR count). The van der Waals surface area contributed by atoms with Crippen LogP contribution in [0.1, 0.15) is 31.2 Å². The molecular formula is C15H21ClN2O. The van der Waals surface area contributed by atoms with Crippen molar-refractivity contribution in [1.29, 1.82) is 0 Å². The quantitative estimate of drug-likeness (QED) is 0.890. The maximum absolute atomic E-state index is 12.0. The van der Waals surface area contributed by atoms with Crippen LogP contribution in [0.4, 0.5) is 0 Å². The molecule has 4 heteroatoms. The van der Waals surface area contributed by atoms with Crippen molar-refractivity contribution in [2.24, 2.45) is 11.7 Å². The van der Waals surface area contributed by atoms with Crippen molar-refractivity contribution in [2.45, 2.75) is 38.1 Å². The van der Waals surface area contributed by atoms with Crippen molar-refractivity contribution in [3.8, 4) is 0 Å². The van der Waals surface area contributed by atoms with Gasteiger partial charge in [-0.25, -0.2) is 0 Å². The van der Waals surface area contributed by atoms with E-state index in [1.807, 2.05) is 24.3 Å². The molecule has 1 amide bonds. The summed E-state index contributed by atoms with van der Waals surface area (Å²) in [6.07, 6.45) is 4.75. The van der Waals surface area contributed by atoms with Crippen LogP contribution < -0.4 is 11.1 Å². The number of hydrogen-bond acceptors (Lipinski definition) is 2. The lowest BCUT2D eigenvalue weighted by Gasteiger charge is -2.25. The third-order valence-electron chi connectivity index (χ3n) is 3.71. The van der Waals surface area contributed by atoms with Crippen molar-refractivity contribution < 1.29 is 4.79 Å². The zero-order valence-electron chi connectivity index (χ0n) is 11.1. The normalized spacial score (nSPS) is 23.1. The molecule has 1 aromatic carbocycles. The number of halogens is 1. The lowest BCUT2D eigenvalue weighted by molar-refractivity contribution is -0.126. The SMILES string of the molecule is NC1CCCC(C(=O)NCCc2ccc(Cl)cc2)C1. The van der Waals surface area contributed by atoms with Crippen LogP contribution in [-0.4, -0.2) is 18.5 Å². The Balaban J connectivity index is 1.73. The summed E-state index contributed by atoms with van der Waals surface area (Å²) in [5.41, 5.74) is 7.09. The number of amides is 1. The first kappa shape index (κ1) is 14.4. The average Bonchev–Trinajstić information content (AvgIpc) is 2.41. The summed E-state index contributed by atoms with van der Waals surface area (Å²) in [5, 5.41) is 3.75. The molecule has 0 heterocycles. The molecule has 104 valence electrons. The van der Waals surface area contributed by atoms with Crippen LogP contribution in [0.5, 0.6) is 0 Å². The van der Waals surface area contributed by atoms with E-state index in [9.17, 15) is 4.79 Å². The van der Waals surface area contributed by atoms with Gasteiger partial charge in [-0.15, -0.1) is 0 Å². The molecule has 0 bridgehead atoms. The van der Waals surface area contributed by atoms with Gasteiger partial charge in [0.15, 0.2) is 0 Å². The molecule has 0 spiro atoms. The molecule has 1 fully saturated rings. The molecule has 1 aromatic rings. The first-order chi connectivity index (χ1) is 9.15. The molecule has 1 saturated carbocycles. The summed E-state index contributed by atoms with van der Waals surface area (Å²) in [7, 11) is 0. The molecule has 3 N–H and O–H groups in total. The summed E-state index contributed by atoms with van der Waals surface area (Å²) in [6, 6.07) is 7.93. The first-order valence-electron chi connectivity index (χ1n) is 6.93. The maximum atomic E-state index is 12.0. The van der Waals surface area contributed by atoms with Gasteiger partial charge in [-0.2, -0.15) is 0 Å². The van der Waals surface area contributed by atoms with Gasteiger partial charge in [-0.3, -0.25) is 4.79 Å². The van der Waals surface area contributed by atoms with Crippen LogP contribution in [0.2, 0.25) is 5.02 Å². The molecule has 19 heavy (non-hydrogen) atoms. The minimum Gasteiger partial charge on any atom is -0.356 e. The first-order valence-corrected chi connectivity index (χ1v) is 7.30. The van der Waals surface area contributed by atoms with Crippen molar-refractivity contribution in [2.75, 3.05) is 6.54 Å². The standard InChI is InChI=1S/C15H21ClN2O/c16-13-6-4-11(5-7-13)8-9-18-15(19)12-2-1-3-14(17)10-12/h4-7,12,14H,1-3,8-10,17H2,(H,18,19). The highest BCUT2D eigenvalue weighted by Gasteiger charge is 2.24. The Labute approximate surface area is 119 Å². The number of carbonyl (C=O) groups is 1. The van der Waals surface area contributed by atoms with Crippen LogP contribution in [0, 0.1) is 5.92 Å². The Morgan fingerprint density at radius 2 is 2.05 bits per heavy atom. The van der Waals surface area contributed by atoms with Crippen LogP contribution in [0.3, 0.4) is 0 Å². The zero-order chi connectivity index (χ0) is 13.7. The number of hydrogen-bond donors (Lipinski definition) is 2. The third-order valence-corrected chi connectivity index (χ3v) is 3.96. The summed E-state index contributed by atoms with van der Waals surface area (Å²) in [6.45, 7) is 0.673. The monoisotopic (exact) mass is 280 g/mol. The highest BCUT2D eigenvalue weighted by atomic mass is 35.5. The predicted octanol–water partition coefficient (Wildman–Crippen LogP) is 2.52. The second-order valence-corrected chi connectivity index (χ2v) is 5.73. The van der Waals surface area contributed by atoms with Gasteiger partial charge in [0, 0.05) is 23.5 Å². The van der Waals surface area contributed by atoms with Crippen molar-refractivity contribution in [3.05, 3.63) is 34.9 Å². The maximum Gasteiger partial charge on any atom is 0.223 e. The fourth-order valence-corrected chi connectivity index (χ4v) is 2.72. The Hall–Kier alpha value is -1.06. The van der Waals surface area contributed by atoms with E-state index in [1.165, 1.54) is 5.56 Å². The Bertz CT molecular complexity index is 419. The van der Waals surface area contributed by atoms with E-state index in [1.54, 1.807) is 0 Å². The van der Waals surface area contributed by atoms with E-state index in [-0.39, 0.29) is 17.9 Å². The third kappa shape index (κ3) is 4.51. The molecule has 1 aliphatic carbocycles. The lowest BCUT2D eigenvalue weighted by atomic mass is 9.85. The molecule has 0 saturated heterocycles. The van der Waals surface area contributed by atoms with Crippen LogP contribution in [0.25, 0.3) is 0 Å². The predicted molar refractivity (Wildman–Crippen MR) is 78.1 cm³/mol. The number of nitrogens with one attached hydrogen (secondary N) is 1. The van der Waals surface area contributed by atoms with Crippen LogP contribution in [-0.2, 0) is 11.2 Å². The van der Waals surface area contributed by atoms with E-state index in [4.69, 9.17) is 17.3 Å². The van der Waals surface area contributed by atoms with E-state index in [0.717, 1.165) is 37.1 Å². The fourth-order valence-electron chi connectivity index (χ4n) is 2.59. The second-order valence-electron chi connectivity index (χ2n) is 5.29. The minimum atomic E-state index is 0.106. The zero-order valence-corrected chi connectivity index (χ0v) is 11.8. The lowest BCUT2D eigenvalue weighted by Crippen LogP contribution is -2.38. The molecular weight excluding hydrogens is 260 g/mol. The van der Waals surface area contributed by atoms with Gasteiger partial charge in [-0.05, 0) is 43.4 Å². The van der Waals surface area contributed by atoms with Gasteiger partial charge >= 0.3 is 0 Å². The molecule has 0 aliphatic heterocycles. The van der Waals surface area contributed by atoms with Crippen molar-refractivity contribution >= 4 is 17.5 Å². The fraction of sp³-hybridized carbons (Fsp3) is 0.533. The highest BCUT2D eigenvalue weighted by molar-refractivity contribution is 6.30. The molecule has 0 radical (unpaired) electrons. The van der Waals surface area contributed by atoms with Crippen molar-refractivity contribution in [1.82, 2.24) is 5.32 Å². The topological polar surface area (TPSA) is 55.1 Å². The van der Waals surface area contributed by atoms with Gasteiger partial charge in [-0.1, -0.05) is 30.2 Å². The number of nitrogens with two attached hydrogens (primary N) is 1. The second kappa shape index (κ2) is 6.92. The number of benzene rings is 1. The van der Waals surface area contributed by atoms with E-state index < -0.39 is 0 Å². The summed E-state index contributed by atoms with van der Waals surface area (Å²) < 4.78 is 0. The molecule has 3 nitrogen and oxygen atoms in total. The minimum absolute atomic E-state index is 0.106. The van der Waals surface area contributed by atoms with Gasteiger partial charge in [0.1, 0.15) is 0 Å². The molecule has 0 aromatic heterocycles.